The van der Waals surface area contributed by atoms with Crippen molar-refractivity contribution in [1.29, 1.82) is 0 Å². The van der Waals surface area contributed by atoms with E-state index in [2.05, 4.69) is 28.0 Å². The molecule has 1 aliphatic heterocycles. The molecule has 1 saturated heterocycles. The number of ether oxygens (including phenoxy) is 1. The van der Waals surface area contributed by atoms with E-state index in [0.717, 1.165) is 70.6 Å². The van der Waals surface area contributed by atoms with Crippen LogP contribution < -0.4 is 4.90 Å². The Labute approximate surface area is 222 Å². The minimum atomic E-state index is -0.278. The first-order chi connectivity index (χ1) is 18.0. The molecule has 0 N–H and O–H groups in total. The number of benzene rings is 2. The number of hydrogen-bond acceptors (Lipinski definition) is 5. The van der Waals surface area contributed by atoms with Crippen LogP contribution >= 0.6 is 0 Å². The van der Waals surface area contributed by atoms with Gasteiger partial charge in [0.15, 0.2) is 0 Å². The lowest BCUT2D eigenvalue weighted by Gasteiger charge is -2.38. The minimum absolute atomic E-state index is 0.0272. The summed E-state index contributed by atoms with van der Waals surface area (Å²) in [4.78, 5) is 33.8. The number of carbonyl (C=O) groups is 2. The Balaban J connectivity index is 1.34. The standard InChI is InChI=1S/C30H42N4O3/c1-4-33(5-2)29(35)16-17-32-18-20-34(21-19-32)26-15-14-25-12-9-13-28(27(25)22-26)31(3)30(36)37-23-24-10-7-6-8-11-24/h6-8,10-11,14-15,22,28H,4-5,9,12-13,16-21,23H2,1-3H3. The Hall–Kier alpha value is -3.06. The number of piperazine rings is 1. The average Bonchev–Trinajstić information content (AvgIpc) is 2.95. The monoisotopic (exact) mass is 506 g/mol. The number of nitrogens with zero attached hydrogens (tertiary/aromatic N) is 4. The van der Waals surface area contributed by atoms with Gasteiger partial charge >= 0.3 is 6.09 Å². The highest BCUT2D eigenvalue weighted by atomic mass is 16.6. The Kier molecular flexibility index (Phi) is 9.45. The molecule has 7 heteroatoms. The molecule has 7 nitrogen and oxygen atoms in total. The fourth-order valence-electron chi connectivity index (χ4n) is 5.53. The topological polar surface area (TPSA) is 56.3 Å². The molecule has 200 valence electrons. The SMILES string of the molecule is CCN(CC)C(=O)CCN1CCN(c2ccc3c(c2)C(N(C)C(=O)OCc2ccccc2)CCC3)CC1. The summed E-state index contributed by atoms with van der Waals surface area (Å²) in [6, 6.07) is 16.6. The van der Waals surface area contributed by atoms with Crippen molar-refractivity contribution in [3.05, 3.63) is 65.2 Å². The summed E-state index contributed by atoms with van der Waals surface area (Å²) in [5, 5.41) is 0. The third-order valence-corrected chi connectivity index (χ3v) is 7.87. The van der Waals surface area contributed by atoms with Crippen LogP contribution in [0, 0.1) is 0 Å². The van der Waals surface area contributed by atoms with Gasteiger partial charge in [-0.25, -0.2) is 4.79 Å². The van der Waals surface area contributed by atoms with Crippen LogP contribution in [0.25, 0.3) is 0 Å². The molecule has 37 heavy (non-hydrogen) atoms. The molecule has 1 fully saturated rings. The molecule has 2 aromatic carbocycles. The zero-order valence-electron chi connectivity index (χ0n) is 22.7. The van der Waals surface area contributed by atoms with E-state index < -0.39 is 0 Å². The smallest absolute Gasteiger partial charge is 0.410 e. The zero-order valence-corrected chi connectivity index (χ0v) is 22.7. The summed E-state index contributed by atoms with van der Waals surface area (Å²) in [6.07, 6.45) is 3.38. The van der Waals surface area contributed by atoms with Crippen molar-refractivity contribution in [3.63, 3.8) is 0 Å². The first kappa shape index (κ1) is 27.0. The molecule has 0 radical (unpaired) electrons. The third kappa shape index (κ3) is 6.83. The molecular weight excluding hydrogens is 464 g/mol. The minimum Gasteiger partial charge on any atom is -0.445 e. The van der Waals surface area contributed by atoms with E-state index in [-0.39, 0.29) is 24.6 Å². The van der Waals surface area contributed by atoms with E-state index >= 15 is 0 Å². The Morgan fingerprint density at radius 3 is 2.43 bits per heavy atom. The van der Waals surface area contributed by atoms with Crippen molar-refractivity contribution in [2.24, 2.45) is 0 Å². The normalized spacial score (nSPS) is 17.7. The lowest BCUT2D eigenvalue weighted by atomic mass is 9.86. The van der Waals surface area contributed by atoms with E-state index in [1.54, 1.807) is 4.90 Å². The predicted molar refractivity (Wildman–Crippen MR) is 148 cm³/mol. The molecule has 0 aromatic heterocycles. The Morgan fingerprint density at radius 1 is 1.00 bits per heavy atom. The van der Waals surface area contributed by atoms with E-state index in [1.807, 2.05) is 56.1 Å². The van der Waals surface area contributed by atoms with Crippen LogP contribution in [0.15, 0.2) is 48.5 Å². The fourth-order valence-corrected chi connectivity index (χ4v) is 5.53. The summed E-state index contributed by atoms with van der Waals surface area (Å²) in [6.45, 7) is 10.5. The van der Waals surface area contributed by atoms with Crippen LogP contribution in [0.4, 0.5) is 10.5 Å². The molecule has 0 saturated carbocycles. The third-order valence-electron chi connectivity index (χ3n) is 7.87. The maximum Gasteiger partial charge on any atom is 0.410 e. The van der Waals surface area contributed by atoms with Crippen molar-refractivity contribution in [3.8, 4) is 0 Å². The van der Waals surface area contributed by atoms with Gasteiger partial charge in [-0.15, -0.1) is 0 Å². The molecular formula is C30H42N4O3. The van der Waals surface area contributed by atoms with Crippen molar-refractivity contribution in [1.82, 2.24) is 14.7 Å². The van der Waals surface area contributed by atoms with Gasteiger partial charge in [-0.1, -0.05) is 36.4 Å². The molecule has 1 heterocycles. The maximum atomic E-state index is 12.9. The Bertz CT molecular complexity index is 1030. The quantitative estimate of drug-likeness (QED) is 0.493. The number of amides is 2. The average molecular weight is 507 g/mol. The van der Waals surface area contributed by atoms with E-state index in [9.17, 15) is 9.59 Å². The van der Waals surface area contributed by atoms with Crippen LogP contribution in [0.2, 0.25) is 0 Å². The first-order valence-corrected chi connectivity index (χ1v) is 13.8. The van der Waals surface area contributed by atoms with Gasteiger partial charge in [-0.2, -0.15) is 0 Å². The highest BCUT2D eigenvalue weighted by Gasteiger charge is 2.29. The van der Waals surface area contributed by atoms with Gasteiger partial charge in [0.2, 0.25) is 5.91 Å². The van der Waals surface area contributed by atoms with Crippen LogP contribution in [0.3, 0.4) is 0 Å². The molecule has 2 amide bonds. The van der Waals surface area contributed by atoms with Crippen molar-refractivity contribution in [2.75, 3.05) is 57.8 Å². The van der Waals surface area contributed by atoms with Crippen LogP contribution in [0.5, 0.6) is 0 Å². The second-order valence-corrected chi connectivity index (χ2v) is 10.1. The number of anilines is 1. The summed E-state index contributed by atoms with van der Waals surface area (Å²) < 4.78 is 5.63. The number of hydrogen-bond donors (Lipinski definition) is 0. The summed E-state index contributed by atoms with van der Waals surface area (Å²) in [7, 11) is 1.86. The molecule has 1 aliphatic carbocycles. The number of rotatable bonds is 9. The van der Waals surface area contributed by atoms with Gasteiger partial charge in [0.25, 0.3) is 0 Å². The molecule has 2 aliphatic rings. The lowest BCUT2D eigenvalue weighted by molar-refractivity contribution is -0.131. The fraction of sp³-hybridized carbons (Fsp3) is 0.533. The lowest BCUT2D eigenvalue weighted by Crippen LogP contribution is -2.47. The highest BCUT2D eigenvalue weighted by molar-refractivity contribution is 5.76. The zero-order chi connectivity index (χ0) is 26.2. The van der Waals surface area contributed by atoms with Gasteiger partial charge in [0, 0.05) is 65.0 Å². The predicted octanol–water partition coefficient (Wildman–Crippen LogP) is 4.71. The van der Waals surface area contributed by atoms with Gasteiger partial charge < -0.3 is 19.4 Å². The molecule has 4 rings (SSSR count). The molecule has 0 spiro atoms. The second kappa shape index (κ2) is 13.0. The largest absolute Gasteiger partial charge is 0.445 e. The molecule has 0 bridgehead atoms. The van der Waals surface area contributed by atoms with Crippen molar-refractivity contribution in [2.45, 2.75) is 52.2 Å². The Morgan fingerprint density at radius 2 is 1.73 bits per heavy atom. The van der Waals surface area contributed by atoms with Gasteiger partial charge in [0.1, 0.15) is 6.61 Å². The summed E-state index contributed by atoms with van der Waals surface area (Å²) >= 11 is 0. The number of aryl methyl sites for hydroxylation is 1. The maximum absolute atomic E-state index is 12.9. The van der Waals surface area contributed by atoms with E-state index in [1.165, 1.54) is 16.8 Å². The number of carbonyl (C=O) groups excluding carboxylic acids is 2. The summed E-state index contributed by atoms with van der Waals surface area (Å²) in [5.74, 6) is 0.250. The van der Waals surface area contributed by atoms with Crippen LogP contribution in [0.1, 0.15) is 55.8 Å². The molecule has 1 atom stereocenters. The highest BCUT2D eigenvalue weighted by Crippen LogP contribution is 2.36. The van der Waals surface area contributed by atoms with Crippen LogP contribution in [-0.4, -0.2) is 79.6 Å². The first-order valence-electron chi connectivity index (χ1n) is 13.8. The second-order valence-electron chi connectivity index (χ2n) is 10.1. The van der Waals surface area contributed by atoms with E-state index in [4.69, 9.17) is 4.74 Å². The van der Waals surface area contributed by atoms with Gasteiger partial charge in [-0.05, 0) is 61.9 Å². The number of fused-ring (bicyclic) bond motifs is 1. The van der Waals surface area contributed by atoms with Gasteiger partial charge in [-0.3, -0.25) is 9.69 Å². The van der Waals surface area contributed by atoms with Crippen LogP contribution in [-0.2, 0) is 22.6 Å². The van der Waals surface area contributed by atoms with E-state index in [0.29, 0.717) is 6.42 Å². The van der Waals surface area contributed by atoms with Crippen molar-refractivity contribution < 1.29 is 14.3 Å². The summed E-state index contributed by atoms with van der Waals surface area (Å²) in [5.41, 5.74) is 4.79. The van der Waals surface area contributed by atoms with Crippen molar-refractivity contribution >= 4 is 17.7 Å². The molecule has 2 aromatic rings. The van der Waals surface area contributed by atoms with Gasteiger partial charge in [0.05, 0.1) is 6.04 Å². The molecule has 1 unspecified atom stereocenters.